The smallest absolute Gasteiger partial charge is 0.338 e. The number of nitrogens with zero attached hydrogens (tertiary/aromatic N) is 1. The van der Waals surface area contributed by atoms with Gasteiger partial charge in [-0.05, 0) is 36.8 Å². The zero-order valence-corrected chi connectivity index (χ0v) is 14.4. The Morgan fingerprint density at radius 1 is 1.20 bits per heavy atom. The Bertz CT molecular complexity index is 795. The summed E-state index contributed by atoms with van der Waals surface area (Å²) in [7, 11) is 0. The van der Waals surface area contributed by atoms with Gasteiger partial charge in [-0.15, -0.1) is 0 Å². The standard InChI is InChI=1S/C17H18ClN3O4/c1-2-3-8-19-17(24)21-15(22)10-25-16(23)12-4-6-13-11(9-12)5-7-14(18)20-13/h4-7,9H,2-3,8,10H2,1H3,(H2,19,21,22,24). The Morgan fingerprint density at radius 3 is 2.76 bits per heavy atom. The maximum atomic E-state index is 12.0. The van der Waals surface area contributed by atoms with Crippen LogP contribution < -0.4 is 10.6 Å². The van der Waals surface area contributed by atoms with Crippen LogP contribution in [0.15, 0.2) is 30.3 Å². The van der Waals surface area contributed by atoms with E-state index < -0.39 is 24.5 Å². The predicted octanol–water partition coefficient (Wildman–Crippen LogP) is 2.67. The van der Waals surface area contributed by atoms with E-state index in [0.29, 0.717) is 17.2 Å². The summed E-state index contributed by atoms with van der Waals surface area (Å²) in [6, 6.07) is 7.50. The first-order chi connectivity index (χ1) is 12.0. The molecule has 1 aromatic carbocycles. The molecule has 7 nitrogen and oxygen atoms in total. The Balaban J connectivity index is 1.86. The highest BCUT2D eigenvalue weighted by atomic mass is 35.5. The molecule has 0 aliphatic rings. The zero-order valence-electron chi connectivity index (χ0n) is 13.7. The molecule has 0 radical (unpaired) electrons. The molecule has 0 aliphatic carbocycles. The molecule has 2 aromatic rings. The maximum Gasteiger partial charge on any atom is 0.338 e. The number of carbonyl (C=O) groups is 3. The highest BCUT2D eigenvalue weighted by Gasteiger charge is 2.13. The summed E-state index contributed by atoms with van der Waals surface area (Å²) in [4.78, 5) is 39.1. The number of benzene rings is 1. The van der Waals surface area contributed by atoms with Crippen LogP contribution in [-0.4, -0.2) is 36.0 Å². The summed E-state index contributed by atoms with van der Waals surface area (Å²) in [5.41, 5.74) is 0.919. The number of esters is 1. The van der Waals surface area contributed by atoms with Crippen LogP contribution >= 0.6 is 11.6 Å². The van der Waals surface area contributed by atoms with Gasteiger partial charge in [0.25, 0.3) is 5.91 Å². The van der Waals surface area contributed by atoms with Gasteiger partial charge in [-0.2, -0.15) is 0 Å². The fraction of sp³-hybridized carbons (Fsp3) is 0.294. The number of amides is 3. The molecule has 8 heteroatoms. The number of aromatic nitrogens is 1. The van der Waals surface area contributed by atoms with E-state index in [1.165, 1.54) is 6.07 Å². The van der Waals surface area contributed by atoms with Crippen molar-refractivity contribution in [2.45, 2.75) is 19.8 Å². The van der Waals surface area contributed by atoms with Crippen molar-refractivity contribution in [3.63, 3.8) is 0 Å². The normalized spacial score (nSPS) is 10.3. The number of carbonyl (C=O) groups excluding carboxylic acids is 3. The molecule has 0 saturated carbocycles. The lowest BCUT2D eigenvalue weighted by Crippen LogP contribution is -2.41. The monoisotopic (exact) mass is 363 g/mol. The third-order valence-electron chi connectivity index (χ3n) is 3.29. The molecule has 1 heterocycles. The topological polar surface area (TPSA) is 97.4 Å². The highest BCUT2D eigenvalue weighted by Crippen LogP contribution is 2.17. The van der Waals surface area contributed by atoms with Crippen LogP contribution in [0.2, 0.25) is 5.15 Å². The van der Waals surface area contributed by atoms with Gasteiger partial charge in [0, 0.05) is 11.9 Å². The molecule has 3 amide bonds. The number of ether oxygens (including phenoxy) is 1. The van der Waals surface area contributed by atoms with Crippen molar-refractivity contribution in [2.24, 2.45) is 0 Å². The van der Waals surface area contributed by atoms with Gasteiger partial charge in [0.05, 0.1) is 11.1 Å². The van der Waals surface area contributed by atoms with Gasteiger partial charge in [0.1, 0.15) is 5.15 Å². The number of hydrogen-bond acceptors (Lipinski definition) is 5. The van der Waals surface area contributed by atoms with Crippen molar-refractivity contribution in [1.29, 1.82) is 0 Å². The van der Waals surface area contributed by atoms with Gasteiger partial charge in [-0.1, -0.05) is 24.9 Å². The van der Waals surface area contributed by atoms with E-state index in [-0.39, 0.29) is 5.56 Å². The average Bonchev–Trinajstić information content (AvgIpc) is 2.59. The van der Waals surface area contributed by atoms with Crippen LogP contribution in [-0.2, 0) is 9.53 Å². The summed E-state index contributed by atoms with van der Waals surface area (Å²) < 4.78 is 4.91. The van der Waals surface area contributed by atoms with Crippen molar-refractivity contribution in [1.82, 2.24) is 15.6 Å². The Hall–Kier alpha value is -2.67. The lowest BCUT2D eigenvalue weighted by Gasteiger charge is -2.07. The van der Waals surface area contributed by atoms with E-state index in [4.69, 9.17) is 16.3 Å². The number of nitrogens with one attached hydrogen (secondary N) is 2. The van der Waals surface area contributed by atoms with E-state index in [1.807, 2.05) is 6.92 Å². The minimum Gasteiger partial charge on any atom is -0.452 e. The molecule has 25 heavy (non-hydrogen) atoms. The van der Waals surface area contributed by atoms with Crippen molar-refractivity contribution in [3.8, 4) is 0 Å². The number of unbranched alkanes of at least 4 members (excludes halogenated alkanes) is 1. The van der Waals surface area contributed by atoms with Crippen molar-refractivity contribution < 1.29 is 19.1 Å². The summed E-state index contributed by atoms with van der Waals surface area (Å²) in [6.45, 7) is 1.92. The molecule has 1 aromatic heterocycles. The Kier molecular flexibility index (Phi) is 6.71. The number of fused-ring (bicyclic) bond motifs is 1. The second-order valence-corrected chi connectivity index (χ2v) is 5.66. The zero-order chi connectivity index (χ0) is 18.2. The third-order valence-corrected chi connectivity index (χ3v) is 3.50. The number of urea groups is 1. The van der Waals surface area contributed by atoms with Crippen molar-refractivity contribution in [2.75, 3.05) is 13.2 Å². The second-order valence-electron chi connectivity index (χ2n) is 5.28. The molecule has 0 bridgehead atoms. The van der Waals surface area contributed by atoms with Crippen molar-refractivity contribution in [3.05, 3.63) is 41.0 Å². The molecule has 132 valence electrons. The predicted molar refractivity (Wildman–Crippen MR) is 93.5 cm³/mol. The van der Waals surface area contributed by atoms with Crippen molar-refractivity contribution >= 4 is 40.4 Å². The molecule has 0 spiro atoms. The SMILES string of the molecule is CCCCNC(=O)NC(=O)COC(=O)c1ccc2nc(Cl)ccc2c1. The molecule has 0 unspecified atom stereocenters. The van der Waals surface area contributed by atoms with Crippen LogP contribution in [0, 0.1) is 0 Å². The first-order valence-corrected chi connectivity index (χ1v) is 8.18. The minimum absolute atomic E-state index is 0.275. The van der Waals surface area contributed by atoms with Crippen LogP contribution in [0.5, 0.6) is 0 Å². The average molecular weight is 364 g/mol. The summed E-state index contributed by atoms with van der Waals surface area (Å²) in [5, 5.41) is 5.70. The largest absolute Gasteiger partial charge is 0.452 e. The Morgan fingerprint density at radius 2 is 2.00 bits per heavy atom. The number of halogens is 1. The van der Waals surface area contributed by atoms with Crippen LogP contribution in [0.1, 0.15) is 30.1 Å². The van der Waals surface area contributed by atoms with Gasteiger partial charge in [0.2, 0.25) is 0 Å². The number of imide groups is 1. The fourth-order valence-corrected chi connectivity index (χ4v) is 2.18. The molecular formula is C17H18ClN3O4. The first-order valence-electron chi connectivity index (χ1n) is 7.80. The molecular weight excluding hydrogens is 346 g/mol. The molecule has 0 aliphatic heterocycles. The first kappa shape index (κ1) is 18.7. The van der Waals surface area contributed by atoms with E-state index in [9.17, 15) is 14.4 Å². The summed E-state index contributed by atoms with van der Waals surface area (Å²) in [6.07, 6.45) is 1.75. The van der Waals surface area contributed by atoms with E-state index in [1.54, 1.807) is 24.3 Å². The number of hydrogen-bond donors (Lipinski definition) is 2. The highest BCUT2D eigenvalue weighted by molar-refractivity contribution is 6.29. The van der Waals surface area contributed by atoms with Gasteiger partial charge in [0.15, 0.2) is 6.61 Å². The van der Waals surface area contributed by atoms with Gasteiger partial charge >= 0.3 is 12.0 Å². The van der Waals surface area contributed by atoms with Gasteiger partial charge in [-0.25, -0.2) is 14.6 Å². The third kappa shape index (κ3) is 5.72. The van der Waals surface area contributed by atoms with E-state index in [2.05, 4.69) is 15.6 Å². The Labute approximate surface area is 149 Å². The summed E-state index contributed by atoms with van der Waals surface area (Å²) >= 11 is 5.81. The van der Waals surface area contributed by atoms with E-state index >= 15 is 0 Å². The van der Waals surface area contributed by atoms with Gasteiger partial charge < -0.3 is 10.1 Å². The molecule has 0 saturated heterocycles. The number of rotatable bonds is 6. The quantitative estimate of drug-likeness (QED) is 0.467. The lowest BCUT2D eigenvalue weighted by atomic mass is 10.1. The molecule has 0 atom stereocenters. The molecule has 2 rings (SSSR count). The minimum atomic E-state index is -0.698. The number of pyridine rings is 1. The maximum absolute atomic E-state index is 12.0. The van der Waals surface area contributed by atoms with E-state index in [0.717, 1.165) is 18.2 Å². The van der Waals surface area contributed by atoms with Crippen LogP contribution in [0.3, 0.4) is 0 Å². The van der Waals surface area contributed by atoms with Crippen LogP contribution in [0.25, 0.3) is 10.9 Å². The summed E-state index contributed by atoms with van der Waals surface area (Å²) in [5.74, 6) is -1.37. The second kappa shape index (κ2) is 8.98. The van der Waals surface area contributed by atoms with Gasteiger partial charge in [-0.3, -0.25) is 10.1 Å². The van der Waals surface area contributed by atoms with Crippen LogP contribution in [0.4, 0.5) is 4.79 Å². The fourth-order valence-electron chi connectivity index (χ4n) is 2.03. The molecule has 0 fully saturated rings. The molecule has 2 N–H and O–H groups in total. The lowest BCUT2D eigenvalue weighted by molar-refractivity contribution is -0.123.